The molecule has 0 saturated carbocycles. The zero-order valence-electron chi connectivity index (χ0n) is 9.54. The molecule has 2 aromatic rings. The zero-order valence-corrected chi connectivity index (χ0v) is 11.1. The van der Waals surface area contributed by atoms with E-state index in [-0.39, 0.29) is 15.7 Å². The fraction of sp³-hybridized carbons (Fsp3) is 0.200. The monoisotopic (exact) mass is 286 g/mol. The second kappa shape index (κ2) is 4.95. The van der Waals surface area contributed by atoms with Crippen LogP contribution in [0.15, 0.2) is 35.6 Å². The molecule has 2 rings (SSSR count). The van der Waals surface area contributed by atoms with E-state index in [2.05, 4.69) is 14.8 Å². The van der Waals surface area contributed by atoms with Crippen molar-refractivity contribution in [1.82, 2.24) is 14.8 Å². The van der Waals surface area contributed by atoms with Gasteiger partial charge in [0.15, 0.2) is 5.82 Å². The van der Waals surface area contributed by atoms with Gasteiger partial charge in [-0.15, -0.1) is 0 Å². The number of anilines is 1. The topological polar surface area (TPSA) is 76.9 Å². The number of rotatable bonds is 4. The minimum Gasteiger partial charge on any atom is -0.271 e. The van der Waals surface area contributed by atoms with Crippen LogP contribution < -0.4 is 4.72 Å². The molecule has 0 atom stereocenters. The molecular formula is C10H11ClN4O2S. The van der Waals surface area contributed by atoms with Crippen molar-refractivity contribution in [3.8, 4) is 0 Å². The van der Waals surface area contributed by atoms with E-state index in [0.29, 0.717) is 6.54 Å². The highest BCUT2D eigenvalue weighted by molar-refractivity contribution is 7.92. The maximum Gasteiger partial charge on any atom is 0.266 e. The van der Waals surface area contributed by atoms with Gasteiger partial charge in [0.25, 0.3) is 10.0 Å². The van der Waals surface area contributed by atoms with E-state index in [0.717, 1.165) is 0 Å². The molecule has 96 valence electrons. The summed E-state index contributed by atoms with van der Waals surface area (Å²) in [4.78, 5) is 3.67. The molecule has 2 heterocycles. The number of pyridine rings is 1. The number of halogens is 1. The molecule has 0 bridgehead atoms. The Kier molecular flexibility index (Phi) is 3.53. The molecule has 6 nitrogen and oxygen atoms in total. The number of hydrogen-bond acceptors (Lipinski definition) is 4. The average Bonchev–Trinajstić information content (AvgIpc) is 2.76. The number of hydrogen-bond donors (Lipinski definition) is 1. The Morgan fingerprint density at radius 1 is 1.44 bits per heavy atom. The SMILES string of the molecule is CCn1ccc(NS(=O)(=O)c2cnccc2Cl)n1. The third-order valence-corrected chi connectivity index (χ3v) is 4.05. The van der Waals surface area contributed by atoms with Gasteiger partial charge < -0.3 is 0 Å². The molecule has 0 aliphatic rings. The highest BCUT2D eigenvalue weighted by Crippen LogP contribution is 2.21. The van der Waals surface area contributed by atoms with E-state index in [1.54, 1.807) is 16.9 Å². The summed E-state index contributed by atoms with van der Waals surface area (Å²) in [6.07, 6.45) is 4.30. The van der Waals surface area contributed by atoms with Gasteiger partial charge in [0, 0.05) is 31.2 Å². The smallest absolute Gasteiger partial charge is 0.266 e. The van der Waals surface area contributed by atoms with E-state index in [9.17, 15) is 8.42 Å². The van der Waals surface area contributed by atoms with Crippen molar-refractivity contribution in [2.24, 2.45) is 0 Å². The summed E-state index contributed by atoms with van der Waals surface area (Å²) >= 11 is 5.82. The quantitative estimate of drug-likeness (QED) is 0.929. The zero-order chi connectivity index (χ0) is 13.2. The summed E-state index contributed by atoms with van der Waals surface area (Å²) in [5.41, 5.74) is 0. The van der Waals surface area contributed by atoms with Crippen molar-refractivity contribution in [3.63, 3.8) is 0 Å². The Hall–Kier alpha value is -1.60. The summed E-state index contributed by atoms with van der Waals surface area (Å²) in [6, 6.07) is 2.99. The lowest BCUT2D eigenvalue weighted by atomic mass is 10.5. The lowest BCUT2D eigenvalue weighted by Gasteiger charge is -2.06. The normalized spacial score (nSPS) is 11.4. The van der Waals surface area contributed by atoms with Crippen LogP contribution in [-0.4, -0.2) is 23.2 Å². The molecule has 0 saturated heterocycles. The van der Waals surface area contributed by atoms with Gasteiger partial charge >= 0.3 is 0 Å². The molecule has 0 amide bonds. The number of nitrogens with one attached hydrogen (secondary N) is 1. The summed E-state index contributed by atoms with van der Waals surface area (Å²) in [5.74, 6) is 0.247. The lowest BCUT2D eigenvalue weighted by Crippen LogP contribution is -2.14. The van der Waals surface area contributed by atoms with Gasteiger partial charge in [0.2, 0.25) is 0 Å². The molecule has 0 aromatic carbocycles. The first-order valence-corrected chi connectivity index (χ1v) is 7.05. The average molecular weight is 287 g/mol. The first kappa shape index (κ1) is 12.8. The van der Waals surface area contributed by atoms with Crippen LogP contribution in [0.25, 0.3) is 0 Å². The molecule has 2 aromatic heterocycles. The van der Waals surface area contributed by atoms with Crippen LogP contribution in [0.3, 0.4) is 0 Å². The van der Waals surface area contributed by atoms with E-state index in [1.165, 1.54) is 18.5 Å². The molecule has 0 fully saturated rings. The third kappa shape index (κ3) is 2.62. The molecule has 0 aliphatic carbocycles. The standard InChI is InChI=1S/C10H11ClN4O2S/c1-2-15-6-4-10(13-15)14-18(16,17)9-7-12-5-3-8(9)11/h3-7H,2H2,1H3,(H,13,14). The molecular weight excluding hydrogens is 276 g/mol. The van der Waals surface area contributed by atoms with Gasteiger partial charge in [-0.05, 0) is 13.0 Å². The second-order valence-electron chi connectivity index (χ2n) is 3.47. The van der Waals surface area contributed by atoms with Gasteiger partial charge in [0.1, 0.15) is 4.90 Å². The van der Waals surface area contributed by atoms with Crippen molar-refractivity contribution in [1.29, 1.82) is 0 Å². The lowest BCUT2D eigenvalue weighted by molar-refractivity contribution is 0.600. The highest BCUT2D eigenvalue weighted by atomic mass is 35.5. The van der Waals surface area contributed by atoms with Crippen molar-refractivity contribution < 1.29 is 8.42 Å². The van der Waals surface area contributed by atoms with Crippen molar-refractivity contribution in [2.45, 2.75) is 18.4 Å². The van der Waals surface area contributed by atoms with Gasteiger partial charge in [-0.1, -0.05) is 11.6 Å². The van der Waals surface area contributed by atoms with Crippen LogP contribution in [0.2, 0.25) is 5.02 Å². The van der Waals surface area contributed by atoms with Gasteiger partial charge in [-0.25, -0.2) is 8.42 Å². The van der Waals surface area contributed by atoms with Gasteiger partial charge in [-0.2, -0.15) is 5.10 Å². The van der Waals surface area contributed by atoms with Crippen molar-refractivity contribution >= 4 is 27.4 Å². The minimum absolute atomic E-state index is 0.0716. The Morgan fingerprint density at radius 3 is 2.83 bits per heavy atom. The summed E-state index contributed by atoms with van der Waals surface area (Å²) < 4.78 is 28.0. The van der Waals surface area contributed by atoms with E-state index in [1.807, 2.05) is 6.92 Å². The van der Waals surface area contributed by atoms with Gasteiger partial charge in [0.05, 0.1) is 5.02 Å². The maximum atomic E-state index is 12.0. The maximum absolute atomic E-state index is 12.0. The summed E-state index contributed by atoms with van der Waals surface area (Å²) in [7, 11) is -3.76. The van der Waals surface area contributed by atoms with E-state index in [4.69, 9.17) is 11.6 Å². The van der Waals surface area contributed by atoms with Crippen LogP contribution in [0.1, 0.15) is 6.92 Å². The number of aromatic nitrogens is 3. The van der Waals surface area contributed by atoms with Crippen LogP contribution in [0.4, 0.5) is 5.82 Å². The van der Waals surface area contributed by atoms with E-state index < -0.39 is 10.0 Å². The predicted octanol–water partition coefficient (Wildman–Crippen LogP) is 1.75. The molecule has 8 heteroatoms. The Labute approximate surface area is 110 Å². The predicted molar refractivity (Wildman–Crippen MR) is 68.0 cm³/mol. The highest BCUT2D eigenvalue weighted by Gasteiger charge is 2.19. The second-order valence-corrected chi connectivity index (χ2v) is 5.53. The Balaban J connectivity index is 2.30. The first-order chi connectivity index (χ1) is 8.53. The van der Waals surface area contributed by atoms with Gasteiger partial charge in [-0.3, -0.25) is 14.4 Å². The molecule has 1 N–H and O–H groups in total. The number of nitrogens with zero attached hydrogens (tertiary/aromatic N) is 3. The fourth-order valence-electron chi connectivity index (χ4n) is 1.35. The number of aryl methyl sites for hydroxylation is 1. The fourth-order valence-corrected chi connectivity index (χ4v) is 2.77. The van der Waals surface area contributed by atoms with Crippen LogP contribution in [-0.2, 0) is 16.6 Å². The molecule has 0 radical (unpaired) electrons. The molecule has 0 spiro atoms. The van der Waals surface area contributed by atoms with Crippen molar-refractivity contribution in [3.05, 3.63) is 35.7 Å². The molecule has 0 unspecified atom stereocenters. The van der Waals surface area contributed by atoms with E-state index >= 15 is 0 Å². The number of sulfonamides is 1. The minimum atomic E-state index is -3.76. The largest absolute Gasteiger partial charge is 0.271 e. The Bertz CT molecular complexity index is 653. The van der Waals surface area contributed by atoms with Crippen LogP contribution >= 0.6 is 11.6 Å². The summed E-state index contributed by atoms with van der Waals surface area (Å²) in [5, 5.41) is 4.15. The van der Waals surface area contributed by atoms with Crippen LogP contribution in [0, 0.1) is 0 Å². The first-order valence-electron chi connectivity index (χ1n) is 5.18. The summed E-state index contributed by atoms with van der Waals surface area (Å²) in [6.45, 7) is 2.57. The van der Waals surface area contributed by atoms with Crippen molar-refractivity contribution in [2.75, 3.05) is 4.72 Å². The third-order valence-electron chi connectivity index (χ3n) is 2.23. The van der Waals surface area contributed by atoms with Crippen LogP contribution in [0.5, 0.6) is 0 Å². The molecule has 18 heavy (non-hydrogen) atoms. The molecule has 0 aliphatic heterocycles. The Morgan fingerprint density at radius 2 is 2.22 bits per heavy atom.